The Bertz CT molecular complexity index is 875. The molecule has 0 radical (unpaired) electrons. The van der Waals surface area contributed by atoms with Crippen molar-refractivity contribution in [2.45, 2.75) is 13.0 Å². The second-order valence-electron chi connectivity index (χ2n) is 6.64. The molecular weight excluding hydrogens is 326 g/mol. The molecule has 1 unspecified atom stereocenters. The van der Waals surface area contributed by atoms with E-state index < -0.39 is 0 Å². The lowest BCUT2D eigenvalue weighted by atomic mass is 9.86. The molecule has 0 amide bonds. The number of aryl methyl sites for hydroxylation is 1. The number of hydrogen-bond donors (Lipinski definition) is 0. The number of fused-ring (bicyclic) bond motifs is 1. The maximum atomic E-state index is 12.8. The number of ether oxygens (including phenoxy) is 1. The van der Waals surface area contributed by atoms with Gasteiger partial charge in [0, 0.05) is 22.9 Å². The monoisotopic (exact) mass is 347 g/mol. The fourth-order valence-corrected chi connectivity index (χ4v) is 3.90. The molecule has 4 nitrogen and oxygen atoms in total. The zero-order valence-electron chi connectivity index (χ0n) is 14.8. The minimum Gasteiger partial charge on any atom is -0.472 e. The number of nitrogens with zero attached hydrogens (tertiary/aromatic N) is 1. The van der Waals surface area contributed by atoms with Gasteiger partial charge in [-0.25, -0.2) is 0 Å². The van der Waals surface area contributed by atoms with E-state index in [1.807, 2.05) is 24.3 Å². The standard InChI is InChI=1S/C22H21NO3/c1-15-8-10-17(11-9-15)23-19-7-5-3-4-6-18(19)20(22(24)25-2)21(23)16-12-13-26-14-16/h3-14,18,20-21H,1-2H3/t18?,20-,21+/m1/s1. The molecule has 0 bridgehead atoms. The van der Waals surface area contributed by atoms with E-state index in [0.717, 1.165) is 16.9 Å². The molecule has 4 heteroatoms. The van der Waals surface area contributed by atoms with Crippen LogP contribution in [0.3, 0.4) is 0 Å². The molecule has 0 spiro atoms. The van der Waals surface area contributed by atoms with Crippen LogP contribution in [0.1, 0.15) is 17.2 Å². The summed E-state index contributed by atoms with van der Waals surface area (Å²) in [5, 5.41) is 0. The Morgan fingerprint density at radius 3 is 2.62 bits per heavy atom. The molecule has 132 valence electrons. The first-order chi connectivity index (χ1) is 12.7. The fourth-order valence-electron chi connectivity index (χ4n) is 3.90. The van der Waals surface area contributed by atoms with Crippen LogP contribution in [-0.4, -0.2) is 13.1 Å². The molecule has 26 heavy (non-hydrogen) atoms. The molecule has 1 aliphatic heterocycles. The highest BCUT2D eigenvalue weighted by molar-refractivity contribution is 5.79. The number of hydrogen-bond acceptors (Lipinski definition) is 4. The average Bonchev–Trinajstić information content (AvgIpc) is 3.22. The smallest absolute Gasteiger partial charge is 0.312 e. The summed E-state index contributed by atoms with van der Waals surface area (Å²) in [6.45, 7) is 2.07. The third-order valence-corrected chi connectivity index (χ3v) is 5.10. The summed E-state index contributed by atoms with van der Waals surface area (Å²) in [6.07, 6.45) is 13.5. The predicted molar refractivity (Wildman–Crippen MR) is 100 cm³/mol. The molecule has 0 N–H and O–H groups in total. The van der Waals surface area contributed by atoms with Crippen LogP contribution in [0.5, 0.6) is 0 Å². The summed E-state index contributed by atoms with van der Waals surface area (Å²) in [5.74, 6) is -0.617. The van der Waals surface area contributed by atoms with E-state index in [2.05, 4.69) is 48.2 Å². The molecule has 1 aromatic heterocycles. The quantitative estimate of drug-likeness (QED) is 0.763. The van der Waals surface area contributed by atoms with Crippen LogP contribution in [0.4, 0.5) is 5.69 Å². The fraction of sp³-hybridized carbons (Fsp3) is 0.227. The summed E-state index contributed by atoms with van der Waals surface area (Å²) in [5.41, 5.74) is 4.30. The van der Waals surface area contributed by atoms with Gasteiger partial charge < -0.3 is 14.1 Å². The number of carbonyl (C=O) groups excluding carboxylic acids is 1. The largest absolute Gasteiger partial charge is 0.472 e. The molecule has 2 heterocycles. The van der Waals surface area contributed by atoms with E-state index in [1.54, 1.807) is 12.5 Å². The van der Waals surface area contributed by atoms with Crippen LogP contribution < -0.4 is 4.90 Å². The average molecular weight is 347 g/mol. The van der Waals surface area contributed by atoms with Crippen molar-refractivity contribution in [1.29, 1.82) is 0 Å². The predicted octanol–water partition coefficient (Wildman–Crippen LogP) is 4.56. The molecule has 1 saturated heterocycles. The third kappa shape index (κ3) is 2.68. The number of allylic oxidation sites excluding steroid dienone is 5. The van der Waals surface area contributed by atoms with Crippen molar-refractivity contribution in [3.63, 3.8) is 0 Å². The van der Waals surface area contributed by atoms with Crippen molar-refractivity contribution in [2.24, 2.45) is 11.8 Å². The minimum atomic E-state index is -0.346. The molecular formula is C22H21NO3. The molecule has 1 aromatic carbocycles. The molecule has 3 atom stereocenters. The number of furan rings is 1. The number of rotatable bonds is 3. The van der Waals surface area contributed by atoms with E-state index in [4.69, 9.17) is 9.15 Å². The summed E-state index contributed by atoms with van der Waals surface area (Å²) in [7, 11) is 1.45. The molecule has 2 aromatic rings. The Labute approximate surface area is 153 Å². The summed E-state index contributed by atoms with van der Waals surface area (Å²) >= 11 is 0. The number of methoxy groups -OCH3 is 1. The lowest BCUT2D eigenvalue weighted by Gasteiger charge is -2.29. The topological polar surface area (TPSA) is 42.7 Å². The van der Waals surface area contributed by atoms with E-state index in [0.29, 0.717) is 0 Å². The third-order valence-electron chi connectivity index (χ3n) is 5.10. The number of anilines is 1. The maximum absolute atomic E-state index is 12.8. The van der Waals surface area contributed by atoms with Gasteiger partial charge in [0.15, 0.2) is 0 Å². The highest BCUT2D eigenvalue weighted by Gasteiger charge is 2.50. The van der Waals surface area contributed by atoms with E-state index in [9.17, 15) is 4.79 Å². The molecule has 2 aliphatic rings. The van der Waals surface area contributed by atoms with E-state index in [-0.39, 0.29) is 23.8 Å². The van der Waals surface area contributed by atoms with Gasteiger partial charge in [0.05, 0.1) is 31.6 Å². The van der Waals surface area contributed by atoms with Gasteiger partial charge in [0.25, 0.3) is 0 Å². The van der Waals surface area contributed by atoms with Crippen LogP contribution in [0.15, 0.2) is 83.4 Å². The van der Waals surface area contributed by atoms with Crippen LogP contribution in [0, 0.1) is 18.8 Å². The second-order valence-corrected chi connectivity index (χ2v) is 6.64. The minimum absolute atomic E-state index is 0.0568. The van der Waals surface area contributed by atoms with Gasteiger partial charge >= 0.3 is 5.97 Å². The molecule has 0 saturated carbocycles. The van der Waals surface area contributed by atoms with Crippen LogP contribution in [0.25, 0.3) is 0 Å². The molecule has 1 aliphatic carbocycles. The van der Waals surface area contributed by atoms with Crippen LogP contribution in [0.2, 0.25) is 0 Å². The summed E-state index contributed by atoms with van der Waals surface area (Å²) in [4.78, 5) is 15.0. The normalized spacial score (nSPS) is 24.2. The van der Waals surface area contributed by atoms with Gasteiger partial charge in [-0.15, -0.1) is 0 Å². The van der Waals surface area contributed by atoms with Gasteiger partial charge in [-0.3, -0.25) is 4.79 Å². The Hall–Kier alpha value is -3.01. The first kappa shape index (κ1) is 16.5. The summed E-state index contributed by atoms with van der Waals surface area (Å²) < 4.78 is 10.5. The number of benzene rings is 1. The highest BCUT2D eigenvalue weighted by Crippen LogP contribution is 2.51. The van der Waals surface area contributed by atoms with Crippen LogP contribution >= 0.6 is 0 Å². The summed E-state index contributed by atoms with van der Waals surface area (Å²) in [6, 6.07) is 10.1. The highest BCUT2D eigenvalue weighted by atomic mass is 16.5. The number of esters is 1. The zero-order chi connectivity index (χ0) is 18.1. The zero-order valence-corrected chi connectivity index (χ0v) is 14.8. The SMILES string of the molecule is COC(=O)[C@@H]1C2C=CC=CC=C2N(c2ccc(C)cc2)[C@H]1c1ccoc1. The lowest BCUT2D eigenvalue weighted by molar-refractivity contribution is -0.146. The first-order valence-corrected chi connectivity index (χ1v) is 8.71. The van der Waals surface area contributed by atoms with Gasteiger partial charge in [-0.2, -0.15) is 0 Å². The van der Waals surface area contributed by atoms with Gasteiger partial charge in [0.2, 0.25) is 0 Å². The Kier molecular flexibility index (Phi) is 4.25. The Balaban J connectivity index is 1.91. The van der Waals surface area contributed by atoms with E-state index >= 15 is 0 Å². The van der Waals surface area contributed by atoms with Gasteiger partial charge in [-0.1, -0.05) is 42.0 Å². The van der Waals surface area contributed by atoms with Crippen LogP contribution in [-0.2, 0) is 9.53 Å². The van der Waals surface area contributed by atoms with Crippen molar-refractivity contribution in [2.75, 3.05) is 12.0 Å². The maximum Gasteiger partial charge on any atom is 0.312 e. The lowest BCUT2D eigenvalue weighted by Crippen LogP contribution is -2.29. The van der Waals surface area contributed by atoms with Crippen molar-refractivity contribution in [1.82, 2.24) is 0 Å². The molecule has 1 fully saturated rings. The molecule has 4 rings (SSSR count). The second kappa shape index (κ2) is 6.71. The van der Waals surface area contributed by atoms with E-state index in [1.165, 1.54) is 12.7 Å². The Morgan fingerprint density at radius 2 is 1.92 bits per heavy atom. The Morgan fingerprint density at radius 1 is 1.12 bits per heavy atom. The van der Waals surface area contributed by atoms with Crippen molar-refractivity contribution >= 4 is 11.7 Å². The van der Waals surface area contributed by atoms with Crippen molar-refractivity contribution in [3.8, 4) is 0 Å². The van der Waals surface area contributed by atoms with Gasteiger partial charge in [0.1, 0.15) is 0 Å². The first-order valence-electron chi connectivity index (χ1n) is 8.71. The number of carbonyl (C=O) groups is 1. The van der Waals surface area contributed by atoms with Crippen molar-refractivity contribution in [3.05, 3.63) is 90.1 Å². The van der Waals surface area contributed by atoms with Gasteiger partial charge in [-0.05, 0) is 31.2 Å². The van der Waals surface area contributed by atoms with Crippen molar-refractivity contribution < 1.29 is 13.9 Å².